The summed E-state index contributed by atoms with van der Waals surface area (Å²) in [6.07, 6.45) is 7.99. The van der Waals surface area contributed by atoms with E-state index in [-0.39, 0.29) is 11.8 Å². The minimum absolute atomic E-state index is 0.113. The number of fused-ring (bicyclic) bond motifs is 1. The number of nitrogens with one attached hydrogen (secondary N) is 1. The van der Waals surface area contributed by atoms with E-state index in [1.54, 1.807) is 31.4 Å². The Balaban J connectivity index is 1.32. The smallest absolute Gasteiger partial charge is 0.254 e. The van der Waals surface area contributed by atoms with Gasteiger partial charge in [-0.2, -0.15) is 0 Å². The topological polar surface area (TPSA) is 58.6 Å². The standard InChI is InChI=1S/C26H32N2O3/c1-31-23-9-4-6-19(18-23)15-16-27-25(29)21-11-13-22(14-12-21)26(30)28-17-5-8-20-7-2-3-10-24(20)28/h4,6,9,11-14,18,20,24H,2-3,5,7-8,10,15-17H2,1H3,(H,27,29)/t20-,24-/m0/s1. The third kappa shape index (κ3) is 5.09. The average Bonchev–Trinajstić information content (AvgIpc) is 2.83. The van der Waals surface area contributed by atoms with Gasteiger partial charge in [-0.3, -0.25) is 9.59 Å². The van der Waals surface area contributed by atoms with Gasteiger partial charge in [-0.25, -0.2) is 0 Å². The van der Waals surface area contributed by atoms with Crippen LogP contribution in [0.3, 0.4) is 0 Å². The van der Waals surface area contributed by atoms with Crippen molar-refractivity contribution in [1.82, 2.24) is 10.2 Å². The number of methoxy groups -OCH3 is 1. The van der Waals surface area contributed by atoms with Crippen molar-refractivity contribution in [1.29, 1.82) is 0 Å². The van der Waals surface area contributed by atoms with Crippen molar-refractivity contribution in [2.45, 2.75) is 51.0 Å². The van der Waals surface area contributed by atoms with Crippen LogP contribution in [0.15, 0.2) is 48.5 Å². The molecule has 2 aromatic carbocycles. The predicted octanol–water partition coefficient (Wildman–Crippen LogP) is 4.46. The SMILES string of the molecule is COc1cccc(CCNC(=O)c2ccc(C(=O)N3CCC[C@@H]4CCCC[C@@H]43)cc2)c1. The number of hydrogen-bond acceptors (Lipinski definition) is 3. The highest BCUT2D eigenvalue weighted by atomic mass is 16.5. The largest absolute Gasteiger partial charge is 0.497 e. The van der Waals surface area contributed by atoms with Crippen LogP contribution in [0.4, 0.5) is 0 Å². The lowest BCUT2D eigenvalue weighted by Crippen LogP contribution is -2.49. The lowest BCUT2D eigenvalue weighted by atomic mass is 9.78. The van der Waals surface area contributed by atoms with E-state index in [4.69, 9.17) is 4.74 Å². The number of ether oxygens (including phenoxy) is 1. The number of piperidine rings is 1. The molecule has 4 rings (SSSR count). The Kier molecular flexibility index (Phi) is 6.90. The molecule has 1 aliphatic heterocycles. The summed E-state index contributed by atoms with van der Waals surface area (Å²) in [7, 11) is 1.65. The molecule has 2 fully saturated rings. The maximum absolute atomic E-state index is 13.1. The van der Waals surface area contributed by atoms with E-state index in [1.807, 2.05) is 24.3 Å². The Morgan fingerprint density at radius 1 is 1.00 bits per heavy atom. The Labute approximate surface area is 184 Å². The van der Waals surface area contributed by atoms with Crippen LogP contribution in [0.2, 0.25) is 0 Å². The molecule has 2 aromatic rings. The van der Waals surface area contributed by atoms with E-state index in [2.05, 4.69) is 10.2 Å². The van der Waals surface area contributed by atoms with Gasteiger partial charge in [-0.15, -0.1) is 0 Å². The molecule has 0 aromatic heterocycles. The zero-order valence-corrected chi connectivity index (χ0v) is 18.3. The van der Waals surface area contributed by atoms with Gasteiger partial charge < -0.3 is 15.0 Å². The maximum atomic E-state index is 13.1. The maximum Gasteiger partial charge on any atom is 0.254 e. The van der Waals surface area contributed by atoms with Crippen LogP contribution in [0.5, 0.6) is 5.75 Å². The third-order valence-corrected chi connectivity index (χ3v) is 6.73. The van der Waals surface area contributed by atoms with Crippen LogP contribution in [0.25, 0.3) is 0 Å². The number of nitrogens with zero attached hydrogens (tertiary/aromatic N) is 1. The van der Waals surface area contributed by atoms with Gasteiger partial charge in [0.1, 0.15) is 5.75 Å². The van der Waals surface area contributed by atoms with E-state index in [1.165, 1.54) is 25.7 Å². The van der Waals surface area contributed by atoms with Crippen molar-refractivity contribution in [3.05, 3.63) is 65.2 Å². The molecule has 5 heteroatoms. The normalized spacial score (nSPS) is 20.6. The third-order valence-electron chi connectivity index (χ3n) is 6.73. The monoisotopic (exact) mass is 420 g/mol. The molecule has 1 saturated heterocycles. The van der Waals surface area contributed by atoms with E-state index in [9.17, 15) is 9.59 Å². The molecule has 2 amide bonds. The van der Waals surface area contributed by atoms with Gasteiger partial charge >= 0.3 is 0 Å². The van der Waals surface area contributed by atoms with Crippen molar-refractivity contribution in [2.75, 3.05) is 20.2 Å². The molecule has 0 bridgehead atoms. The van der Waals surface area contributed by atoms with Crippen molar-refractivity contribution in [3.8, 4) is 5.75 Å². The zero-order valence-electron chi connectivity index (χ0n) is 18.3. The first kappa shape index (κ1) is 21.4. The molecule has 5 nitrogen and oxygen atoms in total. The number of carbonyl (C=O) groups excluding carboxylic acids is 2. The summed E-state index contributed by atoms with van der Waals surface area (Å²) in [5.74, 6) is 1.48. The molecule has 1 saturated carbocycles. The number of rotatable bonds is 6. The van der Waals surface area contributed by atoms with Gasteiger partial charge in [0.25, 0.3) is 11.8 Å². The van der Waals surface area contributed by atoms with Crippen LogP contribution in [0, 0.1) is 5.92 Å². The summed E-state index contributed by atoms with van der Waals surface area (Å²) in [6.45, 7) is 1.40. The van der Waals surface area contributed by atoms with E-state index < -0.39 is 0 Å². The fourth-order valence-electron chi connectivity index (χ4n) is 5.06. The molecule has 2 aliphatic rings. The Morgan fingerprint density at radius 2 is 1.74 bits per heavy atom. The fourth-order valence-corrected chi connectivity index (χ4v) is 5.06. The Hall–Kier alpha value is -2.82. The second-order valence-corrected chi connectivity index (χ2v) is 8.69. The van der Waals surface area contributed by atoms with Gasteiger partial charge in [0.2, 0.25) is 0 Å². The first-order valence-corrected chi connectivity index (χ1v) is 11.5. The average molecular weight is 421 g/mol. The quantitative estimate of drug-likeness (QED) is 0.750. The first-order chi connectivity index (χ1) is 15.2. The molecule has 1 heterocycles. The Morgan fingerprint density at radius 3 is 2.55 bits per heavy atom. The predicted molar refractivity (Wildman–Crippen MR) is 121 cm³/mol. The summed E-state index contributed by atoms with van der Waals surface area (Å²) < 4.78 is 5.24. The summed E-state index contributed by atoms with van der Waals surface area (Å²) in [5.41, 5.74) is 2.37. The molecule has 1 N–H and O–H groups in total. The second kappa shape index (κ2) is 9.99. The molecule has 2 atom stereocenters. The van der Waals surface area contributed by atoms with Crippen LogP contribution in [0.1, 0.15) is 64.8 Å². The van der Waals surface area contributed by atoms with E-state index in [0.717, 1.165) is 37.1 Å². The number of hydrogen-bond donors (Lipinski definition) is 1. The molecule has 164 valence electrons. The number of carbonyl (C=O) groups is 2. The van der Waals surface area contributed by atoms with Gasteiger partial charge in [0, 0.05) is 30.3 Å². The lowest BCUT2D eigenvalue weighted by Gasteiger charge is -2.44. The fraction of sp³-hybridized carbons (Fsp3) is 0.462. The molecular weight excluding hydrogens is 388 g/mol. The second-order valence-electron chi connectivity index (χ2n) is 8.69. The van der Waals surface area contributed by atoms with Gasteiger partial charge in [0.15, 0.2) is 0 Å². The summed E-state index contributed by atoms with van der Waals surface area (Å²) in [4.78, 5) is 27.7. The number of benzene rings is 2. The van der Waals surface area contributed by atoms with Gasteiger partial charge in [-0.05, 0) is 80.0 Å². The van der Waals surface area contributed by atoms with Gasteiger partial charge in [0.05, 0.1) is 7.11 Å². The van der Waals surface area contributed by atoms with E-state index >= 15 is 0 Å². The van der Waals surface area contributed by atoms with Crippen molar-refractivity contribution in [3.63, 3.8) is 0 Å². The molecular formula is C26H32N2O3. The molecule has 1 aliphatic carbocycles. The first-order valence-electron chi connectivity index (χ1n) is 11.5. The number of amides is 2. The minimum Gasteiger partial charge on any atom is -0.497 e. The van der Waals surface area contributed by atoms with Crippen LogP contribution in [-0.4, -0.2) is 43.0 Å². The summed E-state index contributed by atoms with van der Waals surface area (Å²) in [5, 5.41) is 2.96. The van der Waals surface area contributed by atoms with Gasteiger partial charge in [-0.1, -0.05) is 25.0 Å². The van der Waals surface area contributed by atoms with Crippen molar-refractivity contribution >= 4 is 11.8 Å². The molecule has 0 unspecified atom stereocenters. The molecule has 31 heavy (non-hydrogen) atoms. The number of likely N-dealkylation sites (tertiary alicyclic amines) is 1. The van der Waals surface area contributed by atoms with Crippen LogP contribution in [-0.2, 0) is 6.42 Å². The molecule has 0 spiro atoms. The highest BCUT2D eigenvalue weighted by Gasteiger charge is 2.35. The lowest BCUT2D eigenvalue weighted by molar-refractivity contribution is 0.0390. The van der Waals surface area contributed by atoms with Crippen LogP contribution >= 0.6 is 0 Å². The van der Waals surface area contributed by atoms with Crippen LogP contribution < -0.4 is 10.1 Å². The highest BCUT2D eigenvalue weighted by Crippen LogP contribution is 2.35. The zero-order chi connectivity index (χ0) is 21.6. The van der Waals surface area contributed by atoms with Crippen molar-refractivity contribution in [2.24, 2.45) is 5.92 Å². The summed E-state index contributed by atoms with van der Waals surface area (Å²) >= 11 is 0. The molecule has 0 radical (unpaired) electrons. The minimum atomic E-state index is -0.118. The van der Waals surface area contributed by atoms with Crippen molar-refractivity contribution < 1.29 is 14.3 Å². The summed E-state index contributed by atoms with van der Waals surface area (Å²) in [6, 6.07) is 15.4. The van der Waals surface area contributed by atoms with E-state index in [0.29, 0.717) is 29.6 Å². The Bertz CT molecular complexity index is 907. The highest BCUT2D eigenvalue weighted by molar-refractivity contribution is 5.98.